The van der Waals surface area contributed by atoms with Crippen LogP contribution in [-0.2, 0) is 21.7 Å². The number of aliphatic hydroxyl groups excluding tert-OH is 1. The standard InChI is InChI=1S/C22H23ClN2O6/c1-22(15-4-7-18-19(10-15)31-9-8-30-18)20(27)25(21(28)24-22)11-17(26)13-29-12-14-2-5-16(23)6-3-14/h2-7,10,17,26H,8-9,11-13H2,1H3,(H,24,28)/t17-,22-/m1/s1. The van der Waals surface area contributed by atoms with E-state index in [0.29, 0.717) is 35.3 Å². The molecule has 2 heterocycles. The maximum absolute atomic E-state index is 13.1. The van der Waals surface area contributed by atoms with Crippen LogP contribution in [0.25, 0.3) is 0 Å². The molecule has 2 aromatic rings. The number of β-amino-alcohol motifs (C(OH)–C–C–N with tert-alkyl or cyclic N) is 1. The number of hydrogen-bond acceptors (Lipinski definition) is 6. The summed E-state index contributed by atoms with van der Waals surface area (Å²) in [4.78, 5) is 26.6. The van der Waals surface area contributed by atoms with Gasteiger partial charge in [-0.3, -0.25) is 9.69 Å². The lowest BCUT2D eigenvalue weighted by atomic mass is 9.91. The molecule has 4 rings (SSSR count). The van der Waals surface area contributed by atoms with Crippen LogP contribution in [0.5, 0.6) is 11.5 Å². The van der Waals surface area contributed by atoms with Gasteiger partial charge in [0.05, 0.1) is 25.9 Å². The lowest BCUT2D eigenvalue weighted by Gasteiger charge is -2.25. The van der Waals surface area contributed by atoms with Crippen molar-refractivity contribution in [2.24, 2.45) is 0 Å². The molecule has 2 aliphatic rings. The monoisotopic (exact) mass is 446 g/mol. The molecule has 0 aliphatic carbocycles. The average Bonchev–Trinajstić information content (AvgIpc) is 2.98. The van der Waals surface area contributed by atoms with Crippen LogP contribution in [0, 0.1) is 0 Å². The molecule has 9 heteroatoms. The fourth-order valence-electron chi connectivity index (χ4n) is 3.57. The van der Waals surface area contributed by atoms with Crippen molar-refractivity contribution in [2.45, 2.75) is 25.2 Å². The maximum Gasteiger partial charge on any atom is 0.325 e. The molecule has 0 aromatic heterocycles. The molecule has 0 spiro atoms. The number of nitrogens with one attached hydrogen (secondary N) is 1. The number of halogens is 1. The lowest BCUT2D eigenvalue weighted by Crippen LogP contribution is -2.42. The minimum absolute atomic E-state index is 0.0274. The number of aliphatic hydroxyl groups is 1. The minimum atomic E-state index is -1.27. The molecule has 0 bridgehead atoms. The van der Waals surface area contributed by atoms with Gasteiger partial charge in [-0.2, -0.15) is 0 Å². The predicted molar refractivity (Wildman–Crippen MR) is 112 cm³/mol. The number of nitrogens with zero attached hydrogens (tertiary/aromatic N) is 1. The van der Waals surface area contributed by atoms with E-state index >= 15 is 0 Å². The second kappa shape index (κ2) is 8.74. The molecule has 2 aliphatic heterocycles. The van der Waals surface area contributed by atoms with Gasteiger partial charge in [-0.25, -0.2) is 4.79 Å². The Hall–Kier alpha value is -2.81. The van der Waals surface area contributed by atoms with Crippen LogP contribution in [0.4, 0.5) is 4.79 Å². The third-order valence-electron chi connectivity index (χ3n) is 5.28. The molecule has 1 fully saturated rings. The Bertz CT molecular complexity index is 982. The zero-order chi connectivity index (χ0) is 22.0. The number of fused-ring (bicyclic) bond motifs is 1. The summed E-state index contributed by atoms with van der Waals surface area (Å²) < 4.78 is 16.6. The zero-order valence-electron chi connectivity index (χ0n) is 17.0. The number of imide groups is 1. The fraction of sp³-hybridized carbons (Fsp3) is 0.364. The van der Waals surface area contributed by atoms with E-state index in [-0.39, 0.29) is 19.8 Å². The lowest BCUT2D eigenvalue weighted by molar-refractivity contribution is -0.132. The summed E-state index contributed by atoms with van der Waals surface area (Å²) in [7, 11) is 0. The maximum atomic E-state index is 13.1. The Morgan fingerprint density at radius 2 is 1.87 bits per heavy atom. The molecule has 31 heavy (non-hydrogen) atoms. The molecular formula is C22H23ClN2O6. The summed E-state index contributed by atoms with van der Waals surface area (Å²) in [5.41, 5.74) is 0.209. The van der Waals surface area contributed by atoms with Gasteiger partial charge in [-0.1, -0.05) is 29.8 Å². The second-order valence-electron chi connectivity index (χ2n) is 7.62. The fourth-order valence-corrected chi connectivity index (χ4v) is 3.70. The first kappa shape index (κ1) is 21.4. The van der Waals surface area contributed by atoms with Gasteiger partial charge in [0.15, 0.2) is 11.5 Å². The Balaban J connectivity index is 1.37. The number of carbonyl (C=O) groups excluding carboxylic acids is 2. The largest absolute Gasteiger partial charge is 0.486 e. The second-order valence-corrected chi connectivity index (χ2v) is 8.06. The Kier molecular flexibility index (Phi) is 6.04. The molecule has 3 amide bonds. The van der Waals surface area contributed by atoms with Gasteiger partial charge in [0.1, 0.15) is 18.8 Å². The zero-order valence-corrected chi connectivity index (χ0v) is 17.7. The first-order chi connectivity index (χ1) is 14.9. The van der Waals surface area contributed by atoms with E-state index in [2.05, 4.69) is 5.32 Å². The molecule has 2 N–H and O–H groups in total. The van der Waals surface area contributed by atoms with E-state index in [1.54, 1.807) is 37.3 Å². The molecule has 164 valence electrons. The number of benzene rings is 2. The van der Waals surface area contributed by atoms with Crippen LogP contribution in [0.15, 0.2) is 42.5 Å². The van der Waals surface area contributed by atoms with E-state index in [0.717, 1.165) is 10.5 Å². The van der Waals surface area contributed by atoms with E-state index in [4.69, 9.17) is 25.8 Å². The summed E-state index contributed by atoms with van der Waals surface area (Å²) in [6, 6.07) is 11.7. The number of carbonyl (C=O) groups is 2. The van der Waals surface area contributed by atoms with E-state index in [1.807, 2.05) is 12.1 Å². The van der Waals surface area contributed by atoms with Crippen molar-refractivity contribution in [2.75, 3.05) is 26.4 Å². The molecule has 1 saturated heterocycles. The highest BCUT2D eigenvalue weighted by molar-refractivity contribution is 6.30. The van der Waals surface area contributed by atoms with Crippen molar-refractivity contribution in [3.63, 3.8) is 0 Å². The van der Waals surface area contributed by atoms with Crippen LogP contribution in [0.3, 0.4) is 0 Å². The minimum Gasteiger partial charge on any atom is -0.486 e. The molecule has 2 aromatic carbocycles. The van der Waals surface area contributed by atoms with Crippen molar-refractivity contribution in [1.29, 1.82) is 0 Å². The Labute approximate surface area is 184 Å². The van der Waals surface area contributed by atoms with Gasteiger partial charge < -0.3 is 24.6 Å². The molecule has 2 atom stereocenters. The molecule has 0 unspecified atom stereocenters. The van der Waals surface area contributed by atoms with Gasteiger partial charge in [-0.15, -0.1) is 0 Å². The molecular weight excluding hydrogens is 424 g/mol. The van der Waals surface area contributed by atoms with E-state index in [1.165, 1.54) is 0 Å². The van der Waals surface area contributed by atoms with E-state index in [9.17, 15) is 14.7 Å². The van der Waals surface area contributed by atoms with Crippen LogP contribution >= 0.6 is 11.6 Å². The summed E-state index contributed by atoms with van der Waals surface area (Å²) in [6.07, 6.45) is -1.02. The predicted octanol–water partition coefficient (Wildman–Crippen LogP) is 2.46. The smallest absolute Gasteiger partial charge is 0.325 e. The van der Waals surface area contributed by atoms with Gasteiger partial charge >= 0.3 is 6.03 Å². The van der Waals surface area contributed by atoms with Gasteiger partial charge in [0.25, 0.3) is 5.91 Å². The number of ether oxygens (including phenoxy) is 3. The van der Waals surface area contributed by atoms with Crippen molar-refractivity contribution in [3.8, 4) is 11.5 Å². The third-order valence-corrected chi connectivity index (χ3v) is 5.53. The quantitative estimate of drug-likeness (QED) is 0.634. The van der Waals surface area contributed by atoms with Crippen LogP contribution in [-0.4, -0.2) is 54.4 Å². The highest BCUT2D eigenvalue weighted by Crippen LogP contribution is 2.36. The van der Waals surface area contributed by atoms with Gasteiger partial charge in [0.2, 0.25) is 0 Å². The Morgan fingerprint density at radius 1 is 1.16 bits per heavy atom. The number of amides is 3. The average molecular weight is 447 g/mol. The number of urea groups is 1. The van der Waals surface area contributed by atoms with Crippen LogP contribution in [0.2, 0.25) is 5.02 Å². The van der Waals surface area contributed by atoms with Crippen molar-refractivity contribution in [3.05, 3.63) is 58.6 Å². The van der Waals surface area contributed by atoms with Crippen molar-refractivity contribution >= 4 is 23.5 Å². The summed E-state index contributed by atoms with van der Waals surface area (Å²) in [5, 5.41) is 13.7. The Morgan fingerprint density at radius 3 is 2.61 bits per heavy atom. The highest BCUT2D eigenvalue weighted by Gasteiger charge is 2.49. The first-order valence-electron chi connectivity index (χ1n) is 9.91. The topological polar surface area (TPSA) is 97.3 Å². The van der Waals surface area contributed by atoms with Crippen LogP contribution in [0.1, 0.15) is 18.1 Å². The number of rotatable bonds is 7. The van der Waals surface area contributed by atoms with Crippen LogP contribution < -0.4 is 14.8 Å². The number of hydrogen-bond donors (Lipinski definition) is 2. The first-order valence-corrected chi connectivity index (χ1v) is 10.3. The molecule has 0 radical (unpaired) electrons. The molecule has 0 saturated carbocycles. The van der Waals surface area contributed by atoms with Crippen molar-refractivity contribution in [1.82, 2.24) is 10.2 Å². The van der Waals surface area contributed by atoms with E-state index < -0.39 is 23.6 Å². The molecule has 8 nitrogen and oxygen atoms in total. The highest BCUT2D eigenvalue weighted by atomic mass is 35.5. The summed E-state index contributed by atoms with van der Waals surface area (Å²) in [5.74, 6) is 0.674. The van der Waals surface area contributed by atoms with Gasteiger partial charge in [0, 0.05) is 5.02 Å². The summed E-state index contributed by atoms with van der Waals surface area (Å²) in [6.45, 7) is 2.59. The van der Waals surface area contributed by atoms with Crippen molar-refractivity contribution < 1.29 is 28.9 Å². The normalized spacial score (nSPS) is 21.2. The summed E-state index contributed by atoms with van der Waals surface area (Å²) >= 11 is 5.85. The van der Waals surface area contributed by atoms with Gasteiger partial charge in [-0.05, 0) is 42.3 Å². The SMILES string of the molecule is C[C@]1(c2ccc3c(c2)OCCO3)NC(=O)N(C[C@@H](O)COCc2ccc(Cl)cc2)C1=O. The third kappa shape index (κ3) is 4.46.